The predicted molar refractivity (Wildman–Crippen MR) is 124 cm³/mol. The van der Waals surface area contributed by atoms with Gasteiger partial charge in [0.1, 0.15) is 12.1 Å². The lowest BCUT2D eigenvalue weighted by atomic mass is 9.98. The maximum Gasteiger partial charge on any atom is 0.248 e. The topological polar surface area (TPSA) is 117 Å². The Kier molecular flexibility index (Phi) is 7.90. The van der Waals surface area contributed by atoms with Crippen LogP contribution in [0.15, 0.2) is 36.5 Å². The SMILES string of the molecule is C=C(NC1CCCCC2CCC(C(=O)NCc3cccc(C(N)=O)c3)N2C1=O)C(C)NC. The van der Waals surface area contributed by atoms with Crippen LogP contribution < -0.4 is 21.7 Å². The molecule has 3 amide bonds. The average molecular weight is 442 g/mol. The number of hydrogen-bond acceptors (Lipinski definition) is 5. The summed E-state index contributed by atoms with van der Waals surface area (Å²) in [6.07, 6.45) is 5.16. The minimum atomic E-state index is -0.504. The zero-order chi connectivity index (χ0) is 23.3. The van der Waals surface area contributed by atoms with Gasteiger partial charge in [0, 0.05) is 29.9 Å². The van der Waals surface area contributed by atoms with Crippen molar-refractivity contribution in [2.24, 2.45) is 5.73 Å². The number of fused-ring (bicyclic) bond motifs is 1. The molecule has 0 radical (unpaired) electrons. The van der Waals surface area contributed by atoms with Crippen molar-refractivity contribution in [2.45, 2.75) is 76.2 Å². The smallest absolute Gasteiger partial charge is 0.248 e. The summed E-state index contributed by atoms with van der Waals surface area (Å²) in [5, 5.41) is 9.39. The molecule has 2 fully saturated rings. The first-order valence-corrected chi connectivity index (χ1v) is 11.4. The molecule has 2 heterocycles. The highest BCUT2D eigenvalue weighted by atomic mass is 16.2. The Balaban J connectivity index is 1.69. The summed E-state index contributed by atoms with van der Waals surface area (Å²) in [6.45, 7) is 6.34. The molecule has 8 nitrogen and oxygen atoms in total. The van der Waals surface area contributed by atoms with E-state index >= 15 is 0 Å². The zero-order valence-corrected chi connectivity index (χ0v) is 19.0. The van der Waals surface area contributed by atoms with Gasteiger partial charge >= 0.3 is 0 Å². The van der Waals surface area contributed by atoms with Gasteiger partial charge in [-0.15, -0.1) is 0 Å². The van der Waals surface area contributed by atoms with E-state index in [1.54, 1.807) is 18.2 Å². The fourth-order valence-corrected chi connectivity index (χ4v) is 4.59. The lowest BCUT2D eigenvalue weighted by Crippen LogP contribution is -2.56. The molecule has 2 saturated heterocycles. The first-order chi connectivity index (χ1) is 15.3. The van der Waals surface area contributed by atoms with Crippen LogP contribution >= 0.6 is 0 Å². The minimum absolute atomic E-state index is 0.0208. The summed E-state index contributed by atoms with van der Waals surface area (Å²) in [4.78, 5) is 39.8. The molecular weight excluding hydrogens is 406 g/mol. The van der Waals surface area contributed by atoms with Crippen molar-refractivity contribution in [3.05, 3.63) is 47.7 Å². The second-order valence-electron chi connectivity index (χ2n) is 8.79. The minimum Gasteiger partial charge on any atom is -0.376 e. The Hall–Kier alpha value is -2.87. The molecule has 174 valence electrons. The van der Waals surface area contributed by atoms with Crippen LogP contribution in [0.5, 0.6) is 0 Å². The van der Waals surface area contributed by atoms with Crippen molar-refractivity contribution < 1.29 is 14.4 Å². The van der Waals surface area contributed by atoms with Crippen molar-refractivity contribution in [1.82, 2.24) is 20.9 Å². The number of benzene rings is 1. The first kappa shape index (κ1) is 23.8. The molecule has 2 aliphatic heterocycles. The Labute approximate surface area is 190 Å². The molecule has 4 atom stereocenters. The van der Waals surface area contributed by atoms with Gasteiger partial charge in [0.15, 0.2) is 0 Å². The van der Waals surface area contributed by atoms with Gasteiger partial charge in [0.25, 0.3) is 0 Å². The third-order valence-electron chi connectivity index (χ3n) is 6.63. The van der Waals surface area contributed by atoms with E-state index in [-0.39, 0.29) is 36.5 Å². The van der Waals surface area contributed by atoms with E-state index in [4.69, 9.17) is 5.73 Å². The number of carbonyl (C=O) groups is 3. The molecule has 0 saturated carbocycles. The lowest BCUT2D eigenvalue weighted by Gasteiger charge is -2.36. The molecule has 3 rings (SSSR count). The van der Waals surface area contributed by atoms with Crippen LogP contribution in [0, 0.1) is 0 Å². The van der Waals surface area contributed by atoms with Gasteiger partial charge in [-0.05, 0) is 57.4 Å². The number of nitrogens with zero attached hydrogens (tertiary/aromatic N) is 1. The Morgan fingerprint density at radius 3 is 2.69 bits per heavy atom. The van der Waals surface area contributed by atoms with Crippen molar-refractivity contribution in [3.63, 3.8) is 0 Å². The molecule has 1 aromatic carbocycles. The second kappa shape index (κ2) is 10.6. The number of nitrogens with two attached hydrogens (primary N) is 1. The highest BCUT2D eigenvalue weighted by molar-refractivity contribution is 5.93. The summed E-state index contributed by atoms with van der Waals surface area (Å²) < 4.78 is 0. The number of nitrogens with one attached hydrogen (secondary N) is 3. The van der Waals surface area contributed by atoms with Gasteiger partial charge in [-0.2, -0.15) is 0 Å². The van der Waals surface area contributed by atoms with Gasteiger partial charge < -0.3 is 26.6 Å². The maximum atomic E-state index is 13.5. The molecule has 5 N–H and O–H groups in total. The average Bonchev–Trinajstić information content (AvgIpc) is 3.20. The van der Waals surface area contributed by atoms with Crippen molar-refractivity contribution >= 4 is 17.7 Å². The fraction of sp³-hybridized carbons (Fsp3) is 0.542. The Morgan fingerprint density at radius 2 is 1.97 bits per heavy atom. The van der Waals surface area contributed by atoms with E-state index < -0.39 is 11.9 Å². The van der Waals surface area contributed by atoms with Gasteiger partial charge in [-0.1, -0.05) is 31.6 Å². The summed E-state index contributed by atoms with van der Waals surface area (Å²) in [6, 6.07) is 6.17. The number of primary amides is 1. The zero-order valence-electron chi connectivity index (χ0n) is 19.0. The van der Waals surface area contributed by atoms with Crippen LogP contribution in [-0.2, 0) is 16.1 Å². The Bertz CT molecular complexity index is 871. The highest BCUT2D eigenvalue weighted by Crippen LogP contribution is 2.31. The van der Waals surface area contributed by atoms with Gasteiger partial charge in [-0.3, -0.25) is 14.4 Å². The molecule has 0 spiro atoms. The van der Waals surface area contributed by atoms with Gasteiger partial charge in [-0.25, -0.2) is 0 Å². The second-order valence-corrected chi connectivity index (χ2v) is 8.79. The number of rotatable bonds is 8. The van der Waals surface area contributed by atoms with E-state index in [9.17, 15) is 14.4 Å². The van der Waals surface area contributed by atoms with Crippen molar-refractivity contribution in [3.8, 4) is 0 Å². The monoisotopic (exact) mass is 441 g/mol. The van der Waals surface area contributed by atoms with Crippen LogP contribution in [0.3, 0.4) is 0 Å². The maximum absolute atomic E-state index is 13.5. The molecule has 0 aromatic heterocycles. The van der Waals surface area contributed by atoms with E-state index in [1.807, 2.05) is 24.9 Å². The van der Waals surface area contributed by atoms with Crippen LogP contribution in [0.4, 0.5) is 0 Å². The van der Waals surface area contributed by atoms with Crippen molar-refractivity contribution in [2.75, 3.05) is 7.05 Å². The molecule has 32 heavy (non-hydrogen) atoms. The van der Waals surface area contributed by atoms with E-state index in [0.717, 1.165) is 43.4 Å². The largest absolute Gasteiger partial charge is 0.376 e. The van der Waals surface area contributed by atoms with Crippen molar-refractivity contribution in [1.29, 1.82) is 0 Å². The lowest BCUT2D eigenvalue weighted by molar-refractivity contribution is -0.142. The van der Waals surface area contributed by atoms with Gasteiger partial charge in [0.05, 0.1) is 0 Å². The molecule has 8 heteroatoms. The predicted octanol–water partition coefficient (Wildman–Crippen LogP) is 1.42. The molecule has 0 bridgehead atoms. The van der Waals surface area contributed by atoms with Crippen LogP contribution in [0.25, 0.3) is 0 Å². The molecule has 1 aromatic rings. The number of carbonyl (C=O) groups excluding carboxylic acids is 3. The standard InChI is InChI=1S/C24H35N5O3/c1-15(26-3)16(2)28-20-10-5-4-9-19-11-12-21(29(19)24(20)32)23(31)27-14-17-7-6-8-18(13-17)22(25)30/h6-8,13,15,19-21,26,28H,2,4-5,9-12,14H2,1,3H3,(H2,25,30)(H,27,31). The van der Waals surface area contributed by atoms with E-state index in [2.05, 4.69) is 22.5 Å². The molecule has 4 unspecified atom stereocenters. The van der Waals surface area contributed by atoms with Crippen LogP contribution in [0.2, 0.25) is 0 Å². The number of likely N-dealkylation sites (N-methyl/N-ethyl adjacent to an activating group) is 1. The van der Waals surface area contributed by atoms with Crippen LogP contribution in [-0.4, -0.2) is 53.8 Å². The molecule has 0 aliphatic carbocycles. The van der Waals surface area contributed by atoms with E-state index in [1.165, 1.54) is 0 Å². The molecule has 2 aliphatic rings. The summed E-state index contributed by atoms with van der Waals surface area (Å²) in [5.74, 6) is -0.685. The Morgan fingerprint density at radius 1 is 1.22 bits per heavy atom. The fourth-order valence-electron chi connectivity index (χ4n) is 4.59. The number of hydrogen-bond donors (Lipinski definition) is 4. The summed E-state index contributed by atoms with van der Waals surface area (Å²) >= 11 is 0. The van der Waals surface area contributed by atoms with Gasteiger partial charge in [0.2, 0.25) is 17.7 Å². The third kappa shape index (κ3) is 5.48. The highest BCUT2D eigenvalue weighted by Gasteiger charge is 2.43. The van der Waals surface area contributed by atoms with Crippen LogP contribution in [0.1, 0.15) is 61.4 Å². The quantitative estimate of drug-likeness (QED) is 0.487. The first-order valence-electron chi connectivity index (χ1n) is 11.4. The summed E-state index contributed by atoms with van der Waals surface area (Å²) in [5.41, 5.74) is 7.31. The third-order valence-corrected chi connectivity index (χ3v) is 6.63. The number of amides is 3. The van der Waals surface area contributed by atoms with E-state index in [0.29, 0.717) is 12.0 Å². The normalized spacial score (nSPS) is 24.1. The summed E-state index contributed by atoms with van der Waals surface area (Å²) in [7, 11) is 1.85. The molecular formula is C24H35N5O3.